The lowest BCUT2D eigenvalue weighted by Crippen LogP contribution is -2.51. The first-order valence-corrected chi connectivity index (χ1v) is 15.4. The highest BCUT2D eigenvalue weighted by atomic mass is 32.1. The van der Waals surface area contributed by atoms with E-state index in [1.807, 2.05) is 58.0 Å². The molecule has 228 valence electrons. The maximum Gasteiger partial charge on any atom is 0.308 e. The van der Waals surface area contributed by atoms with E-state index in [2.05, 4.69) is 10.3 Å². The van der Waals surface area contributed by atoms with Gasteiger partial charge in [-0.3, -0.25) is 14.4 Å². The zero-order valence-corrected chi connectivity index (χ0v) is 26.3. The Morgan fingerprint density at radius 1 is 1.10 bits per heavy atom. The third-order valence-electron chi connectivity index (χ3n) is 7.65. The minimum Gasteiger partial charge on any atom is -0.466 e. The number of hydrogen-bond donors (Lipinski definition) is 3. The van der Waals surface area contributed by atoms with Gasteiger partial charge in [0, 0.05) is 30.9 Å². The van der Waals surface area contributed by atoms with Crippen molar-refractivity contribution in [3.8, 4) is 0 Å². The van der Waals surface area contributed by atoms with Crippen LogP contribution in [0, 0.1) is 17.8 Å². The summed E-state index contributed by atoms with van der Waals surface area (Å²) in [6.07, 6.45) is 1.08. The van der Waals surface area contributed by atoms with E-state index in [1.54, 1.807) is 31.2 Å². The van der Waals surface area contributed by atoms with Gasteiger partial charge in [-0.25, -0.2) is 4.98 Å². The number of carbonyl (C=O) groups excluding carboxylic acids is 3. The molecule has 0 saturated heterocycles. The molecule has 6 atom stereocenters. The van der Waals surface area contributed by atoms with E-state index in [1.165, 1.54) is 11.3 Å². The Kier molecular flexibility index (Phi) is 13.9. The van der Waals surface area contributed by atoms with E-state index in [-0.39, 0.29) is 53.8 Å². The van der Waals surface area contributed by atoms with Gasteiger partial charge in [-0.05, 0) is 37.2 Å². The van der Waals surface area contributed by atoms with Crippen molar-refractivity contribution in [1.82, 2.24) is 15.2 Å². The number of nitrogens with zero attached hydrogens (tertiary/aromatic N) is 2. The van der Waals surface area contributed by atoms with Crippen LogP contribution >= 0.6 is 11.3 Å². The number of carbonyl (C=O) groups is 3. The number of hydrogen-bond acceptors (Lipinski definition) is 8. The SMILES string of the molecule is CCOC(=O)[C@@H](C)C[C@H](Cc1ccccc1)NC(=O)c1csc([C@H](O)C[C@H](C(C)C)N(C)C(=O)[C@@H](N)[C@@H](C)CC)n1. The van der Waals surface area contributed by atoms with Crippen LogP contribution in [-0.4, -0.2) is 64.6 Å². The molecule has 9 nitrogen and oxygen atoms in total. The Balaban J connectivity index is 2.13. The van der Waals surface area contributed by atoms with Crippen LogP contribution in [0.25, 0.3) is 0 Å². The Morgan fingerprint density at radius 2 is 1.76 bits per heavy atom. The summed E-state index contributed by atoms with van der Waals surface area (Å²) in [5.74, 6) is -1.08. The summed E-state index contributed by atoms with van der Waals surface area (Å²) in [5.41, 5.74) is 7.45. The van der Waals surface area contributed by atoms with E-state index in [9.17, 15) is 19.5 Å². The minimum atomic E-state index is -0.951. The summed E-state index contributed by atoms with van der Waals surface area (Å²) in [6, 6.07) is 8.58. The molecule has 1 aromatic carbocycles. The third kappa shape index (κ3) is 10.2. The topological polar surface area (TPSA) is 135 Å². The number of thiazole rings is 1. The monoisotopic (exact) mass is 588 g/mol. The largest absolute Gasteiger partial charge is 0.466 e. The van der Waals surface area contributed by atoms with Crippen LogP contribution in [0.4, 0.5) is 0 Å². The lowest BCUT2D eigenvalue weighted by atomic mass is 9.93. The number of benzene rings is 1. The maximum absolute atomic E-state index is 13.2. The van der Waals surface area contributed by atoms with Gasteiger partial charge in [0.2, 0.25) is 5.91 Å². The molecule has 2 rings (SSSR count). The van der Waals surface area contributed by atoms with Crippen LogP contribution in [0.3, 0.4) is 0 Å². The van der Waals surface area contributed by atoms with Gasteiger partial charge in [0.15, 0.2) is 0 Å². The van der Waals surface area contributed by atoms with E-state index in [0.717, 1.165) is 12.0 Å². The molecule has 41 heavy (non-hydrogen) atoms. The predicted octanol–water partition coefficient (Wildman–Crippen LogP) is 4.35. The van der Waals surface area contributed by atoms with Gasteiger partial charge < -0.3 is 25.8 Å². The van der Waals surface area contributed by atoms with Crippen LogP contribution in [0.5, 0.6) is 0 Å². The van der Waals surface area contributed by atoms with Crippen LogP contribution in [0.15, 0.2) is 35.7 Å². The summed E-state index contributed by atoms with van der Waals surface area (Å²) in [7, 11) is 1.73. The van der Waals surface area contributed by atoms with Crippen LogP contribution in [0.1, 0.15) is 88.0 Å². The van der Waals surface area contributed by atoms with Gasteiger partial charge >= 0.3 is 5.97 Å². The molecule has 2 aromatic rings. The van der Waals surface area contributed by atoms with E-state index in [4.69, 9.17) is 10.5 Å². The number of aliphatic hydroxyl groups excluding tert-OH is 1. The van der Waals surface area contributed by atoms with Crippen molar-refractivity contribution in [3.05, 3.63) is 52.0 Å². The Bertz CT molecular complexity index is 1110. The van der Waals surface area contributed by atoms with Crippen molar-refractivity contribution in [2.24, 2.45) is 23.5 Å². The fraction of sp³-hybridized carbons (Fsp3) is 0.613. The fourth-order valence-corrected chi connectivity index (χ4v) is 5.60. The molecule has 0 fully saturated rings. The van der Waals surface area contributed by atoms with Crippen LogP contribution < -0.4 is 11.1 Å². The summed E-state index contributed by atoms with van der Waals surface area (Å²) in [6.45, 7) is 11.8. The molecule has 0 unspecified atom stereocenters. The zero-order chi connectivity index (χ0) is 30.7. The molecule has 0 radical (unpaired) electrons. The number of rotatable bonds is 16. The molecule has 4 N–H and O–H groups in total. The van der Waals surface area contributed by atoms with Crippen molar-refractivity contribution < 1.29 is 24.2 Å². The number of ether oxygens (including phenoxy) is 1. The van der Waals surface area contributed by atoms with E-state index < -0.39 is 18.1 Å². The van der Waals surface area contributed by atoms with Crippen molar-refractivity contribution in [1.29, 1.82) is 0 Å². The second-order valence-corrected chi connectivity index (χ2v) is 12.1. The first-order chi connectivity index (χ1) is 19.4. The Hall–Kier alpha value is -2.82. The van der Waals surface area contributed by atoms with E-state index >= 15 is 0 Å². The Labute approximate surface area is 248 Å². The van der Waals surface area contributed by atoms with Crippen LogP contribution in [0.2, 0.25) is 0 Å². The number of esters is 1. The average molecular weight is 589 g/mol. The first kappa shape index (κ1) is 34.4. The van der Waals surface area contributed by atoms with Crippen molar-refractivity contribution in [2.45, 2.75) is 91.5 Å². The van der Waals surface area contributed by atoms with Gasteiger partial charge in [-0.2, -0.15) is 0 Å². The lowest BCUT2D eigenvalue weighted by Gasteiger charge is -2.35. The highest BCUT2D eigenvalue weighted by Crippen LogP contribution is 2.28. The molecule has 1 aromatic heterocycles. The molecular weight excluding hydrogens is 540 g/mol. The zero-order valence-electron chi connectivity index (χ0n) is 25.5. The van der Waals surface area contributed by atoms with Crippen LogP contribution in [-0.2, 0) is 20.7 Å². The number of nitrogens with one attached hydrogen (secondary N) is 1. The number of likely N-dealkylation sites (N-methyl/N-ethyl adjacent to an activating group) is 1. The molecule has 10 heteroatoms. The lowest BCUT2D eigenvalue weighted by molar-refractivity contribution is -0.147. The van der Waals surface area contributed by atoms with Gasteiger partial charge in [0.25, 0.3) is 5.91 Å². The molecule has 0 spiro atoms. The highest BCUT2D eigenvalue weighted by Gasteiger charge is 2.32. The van der Waals surface area contributed by atoms with Crippen molar-refractivity contribution in [3.63, 3.8) is 0 Å². The van der Waals surface area contributed by atoms with Gasteiger partial charge in [-0.1, -0.05) is 71.4 Å². The summed E-state index contributed by atoms with van der Waals surface area (Å²) in [5, 5.41) is 16.1. The molecule has 0 aliphatic carbocycles. The van der Waals surface area contributed by atoms with Gasteiger partial charge in [0.1, 0.15) is 16.8 Å². The first-order valence-electron chi connectivity index (χ1n) is 14.6. The van der Waals surface area contributed by atoms with Gasteiger partial charge in [-0.15, -0.1) is 11.3 Å². The van der Waals surface area contributed by atoms with Crippen molar-refractivity contribution >= 4 is 29.1 Å². The summed E-state index contributed by atoms with van der Waals surface area (Å²) < 4.78 is 5.16. The summed E-state index contributed by atoms with van der Waals surface area (Å²) >= 11 is 1.21. The minimum absolute atomic E-state index is 0.0497. The molecule has 1 heterocycles. The highest BCUT2D eigenvalue weighted by molar-refractivity contribution is 7.09. The average Bonchev–Trinajstić information content (AvgIpc) is 3.45. The second-order valence-electron chi connectivity index (χ2n) is 11.2. The normalized spacial score (nSPS) is 15.9. The number of nitrogens with two attached hydrogens (primary N) is 1. The second kappa shape index (κ2) is 16.6. The van der Waals surface area contributed by atoms with Gasteiger partial charge in [0.05, 0.1) is 18.6 Å². The van der Waals surface area contributed by atoms with Crippen molar-refractivity contribution in [2.75, 3.05) is 13.7 Å². The molecule has 0 saturated carbocycles. The molecular formula is C31H48N4O5S. The summed E-state index contributed by atoms with van der Waals surface area (Å²) in [4.78, 5) is 44.6. The maximum atomic E-state index is 13.2. The fourth-order valence-electron chi connectivity index (χ4n) is 4.81. The number of amides is 2. The Morgan fingerprint density at radius 3 is 2.34 bits per heavy atom. The molecule has 0 aliphatic heterocycles. The standard InChI is InChI=1S/C31H48N4O5S/c1-8-20(5)27(32)30(38)35(7)25(19(3)4)17-26(36)29-34-24(18-41-29)28(37)33-23(15-21(6)31(39)40-9-2)16-22-13-11-10-12-14-22/h10-14,18-21,23,25-27,36H,8-9,15-17,32H2,1-7H3,(H,33,37)/t20-,21-,23+,25+,26+,27-/m0/s1. The molecule has 2 amide bonds. The molecule has 0 bridgehead atoms. The van der Waals surface area contributed by atoms with E-state index in [0.29, 0.717) is 24.5 Å². The quantitative estimate of drug-likeness (QED) is 0.248. The predicted molar refractivity (Wildman–Crippen MR) is 162 cm³/mol. The molecule has 0 aliphatic rings. The third-order valence-corrected chi connectivity index (χ3v) is 8.59. The number of aromatic nitrogens is 1. The smallest absolute Gasteiger partial charge is 0.308 e. The number of aliphatic hydroxyl groups is 1.